The number of piperidine rings is 1. The van der Waals surface area contributed by atoms with Crippen molar-refractivity contribution in [2.75, 3.05) is 20.6 Å². The average molecular weight is 286 g/mol. The molecule has 6 heteroatoms. The maximum absolute atomic E-state index is 12.3. The predicted molar refractivity (Wildman–Crippen MR) is 75.7 cm³/mol. The van der Waals surface area contributed by atoms with Gasteiger partial charge in [0.2, 0.25) is 0 Å². The topological polar surface area (TPSA) is 70.1 Å². The van der Waals surface area contributed by atoms with Crippen LogP contribution in [0.1, 0.15) is 40.0 Å². The summed E-state index contributed by atoms with van der Waals surface area (Å²) in [6.45, 7) is 5.98. The van der Waals surface area contributed by atoms with Crippen molar-refractivity contribution in [3.63, 3.8) is 0 Å². The molecule has 0 spiro atoms. The van der Waals surface area contributed by atoms with Gasteiger partial charge in [0, 0.05) is 6.54 Å². The Balaban J connectivity index is 2.91. The smallest absolute Gasteiger partial charge is 0.410 e. The SMILES string of the molecule is CN(C)C(C(=O)O)C1CCCCN1C(=O)OC(C)(C)C. The van der Waals surface area contributed by atoms with E-state index in [1.54, 1.807) is 23.9 Å². The summed E-state index contributed by atoms with van der Waals surface area (Å²) in [5.74, 6) is -0.907. The van der Waals surface area contributed by atoms with Gasteiger partial charge in [-0.2, -0.15) is 0 Å². The Labute approximate surface area is 120 Å². The van der Waals surface area contributed by atoms with E-state index >= 15 is 0 Å². The number of nitrogens with zero attached hydrogens (tertiary/aromatic N) is 2. The number of amides is 1. The van der Waals surface area contributed by atoms with Crippen LogP contribution in [0.3, 0.4) is 0 Å². The molecule has 2 atom stereocenters. The van der Waals surface area contributed by atoms with Gasteiger partial charge in [0.15, 0.2) is 0 Å². The summed E-state index contributed by atoms with van der Waals surface area (Å²) < 4.78 is 5.39. The standard InChI is InChI=1S/C14H26N2O4/c1-14(2,3)20-13(19)16-9-7-6-8-10(16)11(12(17)18)15(4)5/h10-11H,6-9H2,1-5H3,(H,17,18). The molecule has 1 rings (SSSR count). The first-order chi connectivity index (χ1) is 9.13. The monoisotopic (exact) mass is 286 g/mol. The van der Waals surface area contributed by atoms with Gasteiger partial charge in [-0.05, 0) is 54.1 Å². The van der Waals surface area contributed by atoms with Crippen LogP contribution in [-0.4, -0.2) is 65.3 Å². The molecule has 1 N–H and O–H groups in total. The predicted octanol–water partition coefficient (Wildman–Crippen LogP) is 1.79. The summed E-state index contributed by atoms with van der Waals surface area (Å²) in [5, 5.41) is 9.41. The van der Waals surface area contributed by atoms with Gasteiger partial charge in [0.25, 0.3) is 0 Å². The number of carbonyl (C=O) groups is 2. The Morgan fingerprint density at radius 2 is 1.90 bits per heavy atom. The molecule has 6 nitrogen and oxygen atoms in total. The molecule has 0 aromatic heterocycles. The van der Waals surface area contributed by atoms with Crippen molar-refractivity contribution in [1.82, 2.24) is 9.80 Å². The quantitative estimate of drug-likeness (QED) is 0.856. The number of carboxylic acids is 1. The molecule has 1 saturated heterocycles. The lowest BCUT2D eigenvalue weighted by Crippen LogP contribution is -2.57. The molecule has 1 heterocycles. The van der Waals surface area contributed by atoms with E-state index in [2.05, 4.69) is 0 Å². The highest BCUT2D eigenvalue weighted by Crippen LogP contribution is 2.24. The summed E-state index contributed by atoms with van der Waals surface area (Å²) in [4.78, 5) is 27.0. The number of ether oxygens (including phenoxy) is 1. The Morgan fingerprint density at radius 3 is 2.35 bits per heavy atom. The van der Waals surface area contributed by atoms with Gasteiger partial charge in [0.1, 0.15) is 11.6 Å². The van der Waals surface area contributed by atoms with Crippen LogP contribution in [-0.2, 0) is 9.53 Å². The van der Waals surface area contributed by atoms with Crippen molar-refractivity contribution in [1.29, 1.82) is 0 Å². The fourth-order valence-corrected chi connectivity index (χ4v) is 2.56. The molecule has 1 aliphatic heterocycles. The first-order valence-electron chi connectivity index (χ1n) is 7.02. The Kier molecular flexibility index (Phi) is 5.39. The largest absolute Gasteiger partial charge is 0.480 e. The van der Waals surface area contributed by atoms with Crippen molar-refractivity contribution in [2.45, 2.75) is 57.7 Å². The van der Waals surface area contributed by atoms with Gasteiger partial charge in [0.05, 0.1) is 6.04 Å². The molecule has 116 valence electrons. The van der Waals surface area contributed by atoms with Crippen LogP contribution in [0.2, 0.25) is 0 Å². The van der Waals surface area contributed by atoms with Gasteiger partial charge in [-0.25, -0.2) is 4.79 Å². The third-order valence-corrected chi connectivity index (χ3v) is 3.35. The summed E-state index contributed by atoms with van der Waals surface area (Å²) in [5.41, 5.74) is -0.573. The van der Waals surface area contributed by atoms with Crippen molar-refractivity contribution < 1.29 is 19.4 Å². The number of carboxylic acid groups (broad SMARTS) is 1. The fraction of sp³-hybridized carbons (Fsp3) is 0.857. The maximum atomic E-state index is 12.3. The summed E-state index contributed by atoms with van der Waals surface area (Å²) >= 11 is 0. The highest BCUT2D eigenvalue weighted by Gasteiger charge is 2.39. The molecular weight excluding hydrogens is 260 g/mol. The lowest BCUT2D eigenvalue weighted by atomic mass is 9.95. The first kappa shape index (κ1) is 16.8. The number of likely N-dealkylation sites (tertiary alicyclic amines) is 1. The highest BCUT2D eigenvalue weighted by atomic mass is 16.6. The average Bonchev–Trinajstić information content (AvgIpc) is 2.26. The number of hydrogen-bond donors (Lipinski definition) is 1. The van der Waals surface area contributed by atoms with E-state index in [1.807, 2.05) is 20.8 Å². The zero-order chi connectivity index (χ0) is 15.5. The molecule has 0 aromatic carbocycles. The summed E-state index contributed by atoms with van der Waals surface area (Å²) in [6, 6.07) is -1.05. The van der Waals surface area contributed by atoms with E-state index in [0.717, 1.165) is 12.8 Å². The van der Waals surface area contributed by atoms with E-state index in [9.17, 15) is 14.7 Å². The van der Waals surface area contributed by atoms with E-state index in [4.69, 9.17) is 4.74 Å². The minimum atomic E-state index is -0.907. The first-order valence-corrected chi connectivity index (χ1v) is 7.02. The van der Waals surface area contributed by atoms with Crippen LogP contribution in [0.4, 0.5) is 4.79 Å². The van der Waals surface area contributed by atoms with Crippen LogP contribution >= 0.6 is 0 Å². The van der Waals surface area contributed by atoms with Crippen LogP contribution in [0.25, 0.3) is 0 Å². The van der Waals surface area contributed by atoms with Crippen molar-refractivity contribution in [3.8, 4) is 0 Å². The van der Waals surface area contributed by atoms with Crippen LogP contribution in [0.15, 0.2) is 0 Å². The maximum Gasteiger partial charge on any atom is 0.410 e. The lowest BCUT2D eigenvalue weighted by Gasteiger charge is -2.41. The minimum absolute atomic E-state index is 0.342. The number of rotatable bonds is 3. The van der Waals surface area contributed by atoms with Crippen molar-refractivity contribution in [2.24, 2.45) is 0 Å². The second-order valence-electron chi connectivity index (χ2n) is 6.48. The number of hydrogen-bond acceptors (Lipinski definition) is 4. The molecule has 0 radical (unpaired) electrons. The third kappa shape index (κ3) is 4.37. The van der Waals surface area contributed by atoms with E-state index in [-0.39, 0.29) is 6.04 Å². The van der Waals surface area contributed by atoms with E-state index in [1.165, 1.54) is 0 Å². The van der Waals surface area contributed by atoms with Crippen molar-refractivity contribution in [3.05, 3.63) is 0 Å². The van der Waals surface area contributed by atoms with E-state index < -0.39 is 23.7 Å². The zero-order valence-corrected chi connectivity index (χ0v) is 13.0. The summed E-state index contributed by atoms with van der Waals surface area (Å²) in [6.07, 6.45) is 2.08. The van der Waals surface area contributed by atoms with E-state index in [0.29, 0.717) is 13.0 Å². The second-order valence-corrected chi connectivity index (χ2v) is 6.48. The molecule has 0 bridgehead atoms. The van der Waals surface area contributed by atoms with Gasteiger partial charge >= 0.3 is 12.1 Å². The fourth-order valence-electron chi connectivity index (χ4n) is 2.56. The highest BCUT2D eigenvalue weighted by molar-refractivity contribution is 5.76. The number of carbonyl (C=O) groups excluding carboxylic acids is 1. The molecule has 20 heavy (non-hydrogen) atoms. The number of aliphatic carboxylic acids is 1. The Bertz CT molecular complexity index is 363. The van der Waals surface area contributed by atoms with Crippen LogP contribution < -0.4 is 0 Å². The minimum Gasteiger partial charge on any atom is -0.480 e. The second kappa shape index (κ2) is 6.43. The Hall–Kier alpha value is -1.30. The normalized spacial score (nSPS) is 21.7. The van der Waals surface area contributed by atoms with Gasteiger partial charge in [-0.3, -0.25) is 9.69 Å². The molecule has 1 fully saturated rings. The molecule has 0 aliphatic carbocycles. The Morgan fingerprint density at radius 1 is 1.30 bits per heavy atom. The molecule has 0 saturated carbocycles. The van der Waals surface area contributed by atoms with Crippen LogP contribution in [0.5, 0.6) is 0 Å². The van der Waals surface area contributed by atoms with Gasteiger partial charge in [-0.1, -0.05) is 0 Å². The van der Waals surface area contributed by atoms with Crippen LogP contribution in [0, 0.1) is 0 Å². The molecule has 2 unspecified atom stereocenters. The third-order valence-electron chi connectivity index (χ3n) is 3.35. The molecule has 1 aliphatic rings. The molecule has 1 amide bonds. The number of likely N-dealkylation sites (N-methyl/N-ethyl adjacent to an activating group) is 1. The molecule has 0 aromatic rings. The summed E-state index contributed by atoms with van der Waals surface area (Å²) in [7, 11) is 3.45. The lowest BCUT2D eigenvalue weighted by molar-refractivity contribution is -0.145. The van der Waals surface area contributed by atoms with Gasteiger partial charge < -0.3 is 14.7 Å². The molecular formula is C14H26N2O4. The van der Waals surface area contributed by atoms with Crippen molar-refractivity contribution >= 4 is 12.1 Å². The van der Waals surface area contributed by atoms with Gasteiger partial charge in [-0.15, -0.1) is 0 Å². The zero-order valence-electron chi connectivity index (χ0n) is 13.0.